The lowest BCUT2D eigenvalue weighted by molar-refractivity contribution is -0.137. The van der Waals surface area contributed by atoms with E-state index < -0.39 is 34.5 Å². The first-order chi connectivity index (χ1) is 15.6. The van der Waals surface area contributed by atoms with E-state index in [0.717, 1.165) is 12.1 Å². The monoisotopic (exact) mass is 500 g/mol. The first-order valence-corrected chi connectivity index (χ1v) is 9.55. The maximum absolute atomic E-state index is 14.4. The van der Waals surface area contributed by atoms with Crippen LogP contribution in [-0.2, 0) is 6.18 Å². The van der Waals surface area contributed by atoms with Gasteiger partial charge in [-0.25, -0.2) is 9.18 Å². The molecule has 8 nitrogen and oxygen atoms in total. The van der Waals surface area contributed by atoms with Crippen LogP contribution in [0.25, 0.3) is 0 Å². The van der Waals surface area contributed by atoms with Gasteiger partial charge >= 0.3 is 12.2 Å². The van der Waals surface area contributed by atoms with Crippen LogP contribution in [0.1, 0.15) is 16.1 Å². The number of ether oxygens (including phenoxy) is 1. The topological polar surface area (TPSA) is 124 Å². The molecular formula is C21H17ClF4N4O4. The summed E-state index contributed by atoms with van der Waals surface area (Å²) in [7, 11) is 1.44. The Morgan fingerprint density at radius 2 is 1.71 bits per heavy atom. The van der Waals surface area contributed by atoms with Gasteiger partial charge in [-0.3, -0.25) is 9.78 Å². The van der Waals surface area contributed by atoms with Gasteiger partial charge in [0.05, 0.1) is 16.3 Å². The molecule has 180 valence electrons. The van der Waals surface area contributed by atoms with Gasteiger partial charge in [0, 0.05) is 31.1 Å². The maximum Gasteiger partial charge on any atom is 0.417 e. The Labute approximate surface area is 195 Å². The standard InChI is InChI=1S/C21H15ClF4N4O3.H2O/c1-27-19(31)18-10-13(6-7-28-18)33-12-3-5-17(16(23)9-12)30-20(32)29-11-2-4-15(22)14(8-11)21(24,25)26;/h2-10H,1H3,(H,27,31)(H2,29,30,32);1H2. The fourth-order valence-corrected chi connectivity index (χ4v) is 2.85. The molecule has 3 aromatic rings. The highest BCUT2D eigenvalue weighted by atomic mass is 35.5. The van der Waals surface area contributed by atoms with Crippen molar-refractivity contribution in [2.45, 2.75) is 6.18 Å². The minimum atomic E-state index is -4.71. The van der Waals surface area contributed by atoms with Crippen LogP contribution in [0.4, 0.5) is 33.7 Å². The van der Waals surface area contributed by atoms with Crippen LogP contribution in [-0.4, -0.2) is 29.4 Å². The van der Waals surface area contributed by atoms with Crippen LogP contribution in [0, 0.1) is 5.82 Å². The summed E-state index contributed by atoms with van der Waals surface area (Å²) in [4.78, 5) is 27.6. The number of anilines is 2. The van der Waals surface area contributed by atoms with E-state index in [-0.39, 0.29) is 34.0 Å². The van der Waals surface area contributed by atoms with Crippen molar-refractivity contribution in [3.8, 4) is 11.5 Å². The number of hydrogen-bond donors (Lipinski definition) is 3. The van der Waals surface area contributed by atoms with Crippen molar-refractivity contribution in [2.24, 2.45) is 0 Å². The number of amides is 3. The average Bonchev–Trinajstić information content (AvgIpc) is 2.76. The second kappa shape index (κ2) is 10.8. The molecule has 0 spiro atoms. The molecule has 0 saturated carbocycles. The van der Waals surface area contributed by atoms with Crippen LogP contribution >= 0.6 is 11.6 Å². The van der Waals surface area contributed by atoms with Crippen LogP contribution in [0.15, 0.2) is 54.7 Å². The van der Waals surface area contributed by atoms with E-state index in [9.17, 15) is 27.2 Å². The van der Waals surface area contributed by atoms with E-state index >= 15 is 0 Å². The van der Waals surface area contributed by atoms with Crippen LogP contribution in [0.3, 0.4) is 0 Å². The van der Waals surface area contributed by atoms with Gasteiger partial charge in [0.2, 0.25) is 0 Å². The van der Waals surface area contributed by atoms with Gasteiger partial charge in [0.15, 0.2) is 0 Å². The SMILES string of the molecule is CNC(=O)c1cc(Oc2ccc(NC(=O)Nc3ccc(Cl)c(C(F)(F)F)c3)c(F)c2)ccn1.O. The number of carbonyl (C=O) groups excluding carboxylic acids is 2. The predicted octanol–water partition coefficient (Wildman–Crippen LogP) is 4.86. The highest BCUT2D eigenvalue weighted by molar-refractivity contribution is 6.31. The van der Waals surface area contributed by atoms with Gasteiger partial charge in [-0.2, -0.15) is 13.2 Å². The third-order valence-electron chi connectivity index (χ3n) is 4.15. The lowest BCUT2D eigenvalue weighted by atomic mass is 10.2. The van der Waals surface area contributed by atoms with E-state index in [2.05, 4.69) is 20.9 Å². The molecule has 13 heteroatoms. The summed E-state index contributed by atoms with van der Waals surface area (Å²) in [6.07, 6.45) is -3.36. The summed E-state index contributed by atoms with van der Waals surface area (Å²) in [5.74, 6) is -1.000. The zero-order valence-electron chi connectivity index (χ0n) is 17.3. The van der Waals surface area contributed by atoms with Crippen molar-refractivity contribution in [3.63, 3.8) is 0 Å². The number of nitrogens with one attached hydrogen (secondary N) is 3. The van der Waals surface area contributed by atoms with E-state index in [4.69, 9.17) is 16.3 Å². The third kappa shape index (κ3) is 6.56. The number of benzene rings is 2. The molecular weight excluding hydrogens is 484 g/mol. The summed E-state index contributed by atoms with van der Waals surface area (Å²) >= 11 is 5.54. The van der Waals surface area contributed by atoms with Crippen LogP contribution < -0.4 is 20.7 Å². The molecule has 0 aliphatic carbocycles. The number of carbonyl (C=O) groups is 2. The van der Waals surface area contributed by atoms with E-state index in [1.807, 2.05) is 0 Å². The molecule has 1 aromatic heterocycles. The molecule has 0 bridgehead atoms. The first kappa shape index (κ1) is 26.4. The molecule has 0 unspecified atom stereocenters. The largest absolute Gasteiger partial charge is 0.457 e. The highest BCUT2D eigenvalue weighted by Gasteiger charge is 2.33. The average molecular weight is 501 g/mol. The summed E-state index contributed by atoms with van der Waals surface area (Å²) in [5, 5.41) is 6.27. The summed E-state index contributed by atoms with van der Waals surface area (Å²) in [5.41, 5.74) is -1.45. The molecule has 34 heavy (non-hydrogen) atoms. The summed E-state index contributed by atoms with van der Waals surface area (Å²) in [6.45, 7) is 0. The van der Waals surface area contributed by atoms with Gasteiger partial charge in [0.1, 0.15) is 23.0 Å². The number of pyridine rings is 1. The predicted molar refractivity (Wildman–Crippen MR) is 117 cm³/mol. The van der Waals surface area contributed by atoms with Crippen molar-refractivity contribution in [3.05, 3.63) is 76.8 Å². The summed E-state index contributed by atoms with van der Waals surface area (Å²) < 4.78 is 58.7. The van der Waals surface area contributed by atoms with Gasteiger partial charge in [-0.05, 0) is 36.4 Å². The second-order valence-electron chi connectivity index (χ2n) is 6.47. The molecule has 0 atom stereocenters. The number of halogens is 5. The van der Waals surface area contributed by atoms with Gasteiger partial charge < -0.3 is 26.2 Å². The fourth-order valence-electron chi connectivity index (χ4n) is 2.63. The van der Waals surface area contributed by atoms with Crippen molar-refractivity contribution in [1.29, 1.82) is 0 Å². The Balaban J connectivity index is 0.00000408. The number of nitrogens with zero attached hydrogens (tertiary/aromatic N) is 1. The normalized spacial score (nSPS) is 10.6. The molecule has 1 heterocycles. The number of aromatic nitrogens is 1. The zero-order chi connectivity index (χ0) is 24.2. The molecule has 0 fully saturated rings. The van der Waals surface area contributed by atoms with Crippen molar-refractivity contribution < 1.29 is 37.4 Å². The van der Waals surface area contributed by atoms with Gasteiger partial charge in [0.25, 0.3) is 5.91 Å². The smallest absolute Gasteiger partial charge is 0.417 e. The molecule has 3 amide bonds. The van der Waals surface area contributed by atoms with Crippen molar-refractivity contribution in [1.82, 2.24) is 10.3 Å². The number of rotatable bonds is 5. The third-order valence-corrected chi connectivity index (χ3v) is 4.47. The molecule has 3 rings (SSSR count). The van der Waals surface area contributed by atoms with Crippen molar-refractivity contribution in [2.75, 3.05) is 17.7 Å². The lowest BCUT2D eigenvalue weighted by Crippen LogP contribution is -2.20. The molecule has 0 aliphatic heterocycles. The Hall–Kier alpha value is -3.90. The molecule has 0 saturated heterocycles. The lowest BCUT2D eigenvalue weighted by Gasteiger charge is -2.13. The summed E-state index contributed by atoms with van der Waals surface area (Å²) in [6, 6.07) is 8.21. The van der Waals surface area contributed by atoms with E-state index in [1.54, 1.807) is 0 Å². The minimum Gasteiger partial charge on any atom is -0.457 e. The van der Waals surface area contributed by atoms with E-state index in [1.165, 1.54) is 43.6 Å². The Morgan fingerprint density at radius 3 is 2.35 bits per heavy atom. The Morgan fingerprint density at radius 1 is 1.00 bits per heavy atom. The maximum atomic E-state index is 14.4. The molecule has 5 N–H and O–H groups in total. The highest BCUT2D eigenvalue weighted by Crippen LogP contribution is 2.36. The Kier molecular flexibility index (Phi) is 8.38. The molecule has 0 aliphatic rings. The molecule has 2 aromatic carbocycles. The molecule has 0 radical (unpaired) electrons. The van der Waals surface area contributed by atoms with Gasteiger partial charge in [-0.1, -0.05) is 11.6 Å². The van der Waals surface area contributed by atoms with Crippen LogP contribution in [0.5, 0.6) is 11.5 Å². The van der Waals surface area contributed by atoms with Crippen molar-refractivity contribution >= 4 is 34.9 Å². The van der Waals surface area contributed by atoms with E-state index in [0.29, 0.717) is 6.07 Å². The first-order valence-electron chi connectivity index (χ1n) is 9.17. The number of hydrogen-bond acceptors (Lipinski definition) is 4. The zero-order valence-corrected chi connectivity index (χ0v) is 18.0. The second-order valence-corrected chi connectivity index (χ2v) is 6.88. The number of urea groups is 1. The number of alkyl halides is 3. The fraction of sp³-hybridized carbons (Fsp3) is 0.0952. The quantitative estimate of drug-likeness (QED) is 0.432. The van der Waals surface area contributed by atoms with Crippen LogP contribution in [0.2, 0.25) is 5.02 Å². The minimum absolute atomic E-state index is 0. The van der Waals surface area contributed by atoms with Gasteiger partial charge in [-0.15, -0.1) is 0 Å². The Bertz CT molecular complexity index is 1210.